The van der Waals surface area contributed by atoms with E-state index < -0.39 is 11.7 Å². The summed E-state index contributed by atoms with van der Waals surface area (Å²) in [6.45, 7) is 2.81. The first-order valence-corrected chi connectivity index (χ1v) is 6.62. The third-order valence-corrected chi connectivity index (χ3v) is 2.82. The highest BCUT2D eigenvalue weighted by Crippen LogP contribution is 2.35. The van der Waals surface area contributed by atoms with Crippen molar-refractivity contribution in [3.05, 3.63) is 29.8 Å². The van der Waals surface area contributed by atoms with Gasteiger partial charge in [-0.25, -0.2) is 0 Å². The number of hydrogen-bond acceptors (Lipinski definition) is 3. The Morgan fingerprint density at radius 2 is 2.00 bits per heavy atom. The Labute approximate surface area is 116 Å². The maximum atomic E-state index is 12.7. The Morgan fingerprint density at radius 3 is 2.60 bits per heavy atom. The fraction of sp³-hybridized carbons (Fsp3) is 0.571. The van der Waals surface area contributed by atoms with E-state index in [9.17, 15) is 13.2 Å². The number of aliphatic hydroxyl groups excluding tert-OH is 1. The Balaban J connectivity index is 2.53. The smallest absolute Gasteiger partial charge is 0.419 e. The van der Waals surface area contributed by atoms with Crippen molar-refractivity contribution in [1.82, 2.24) is 5.32 Å². The maximum Gasteiger partial charge on any atom is 0.419 e. The van der Waals surface area contributed by atoms with Crippen molar-refractivity contribution in [3.63, 3.8) is 0 Å². The molecule has 0 fully saturated rings. The summed E-state index contributed by atoms with van der Waals surface area (Å²) in [7, 11) is 0. The van der Waals surface area contributed by atoms with Gasteiger partial charge in [0, 0.05) is 6.04 Å². The largest absolute Gasteiger partial charge is 0.493 e. The van der Waals surface area contributed by atoms with Gasteiger partial charge in [-0.1, -0.05) is 19.1 Å². The summed E-state index contributed by atoms with van der Waals surface area (Å²) in [5.41, 5.74) is -0.776. The lowest BCUT2D eigenvalue weighted by Gasteiger charge is -2.17. The Hall–Kier alpha value is -1.27. The molecule has 0 spiro atoms. The number of nitrogens with one attached hydrogen (secondary N) is 1. The molecule has 0 saturated carbocycles. The van der Waals surface area contributed by atoms with E-state index >= 15 is 0 Å². The van der Waals surface area contributed by atoms with Crippen molar-refractivity contribution in [2.24, 2.45) is 0 Å². The first-order valence-electron chi connectivity index (χ1n) is 6.62. The molecule has 0 aliphatic heterocycles. The van der Waals surface area contributed by atoms with Gasteiger partial charge in [-0.05, 0) is 31.5 Å². The van der Waals surface area contributed by atoms with E-state index in [0.717, 1.165) is 19.0 Å². The second kappa shape index (κ2) is 8.11. The minimum absolute atomic E-state index is 0.0652. The number of aliphatic hydroxyl groups is 1. The zero-order valence-electron chi connectivity index (χ0n) is 11.4. The van der Waals surface area contributed by atoms with Gasteiger partial charge in [-0.2, -0.15) is 13.2 Å². The van der Waals surface area contributed by atoms with Crippen LogP contribution < -0.4 is 10.1 Å². The molecule has 0 aromatic heterocycles. The number of halogens is 3. The Bertz CT molecular complexity index is 396. The van der Waals surface area contributed by atoms with E-state index in [1.165, 1.54) is 18.2 Å². The van der Waals surface area contributed by atoms with E-state index in [2.05, 4.69) is 5.32 Å². The fourth-order valence-corrected chi connectivity index (χ4v) is 1.74. The van der Waals surface area contributed by atoms with Gasteiger partial charge in [-0.3, -0.25) is 0 Å². The second-order valence-corrected chi connectivity index (χ2v) is 4.46. The Kier molecular flexibility index (Phi) is 6.81. The molecular formula is C14H20F3NO2. The van der Waals surface area contributed by atoms with Crippen LogP contribution in [0.1, 0.15) is 25.3 Å². The molecule has 0 aliphatic rings. The molecule has 0 aliphatic carbocycles. The van der Waals surface area contributed by atoms with Crippen molar-refractivity contribution in [1.29, 1.82) is 0 Å². The molecule has 1 unspecified atom stereocenters. The van der Waals surface area contributed by atoms with Gasteiger partial charge in [-0.15, -0.1) is 0 Å². The third-order valence-electron chi connectivity index (χ3n) is 2.82. The van der Waals surface area contributed by atoms with Gasteiger partial charge in [0.1, 0.15) is 5.75 Å². The van der Waals surface area contributed by atoms with Gasteiger partial charge in [0.25, 0.3) is 0 Å². The van der Waals surface area contributed by atoms with Crippen LogP contribution >= 0.6 is 0 Å². The molecule has 114 valence electrons. The van der Waals surface area contributed by atoms with Crippen molar-refractivity contribution in [2.45, 2.75) is 32.0 Å². The zero-order valence-corrected chi connectivity index (χ0v) is 11.4. The summed E-state index contributed by atoms with van der Waals surface area (Å²) in [5.74, 6) is -0.174. The van der Waals surface area contributed by atoms with Gasteiger partial charge in [0.2, 0.25) is 0 Å². The highest BCUT2D eigenvalue weighted by molar-refractivity contribution is 5.35. The number of ether oxygens (including phenoxy) is 1. The van der Waals surface area contributed by atoms with Crippen LogP contribution in [0.2, 0.25) is 0 Å². The summed E-state index contributed by atoms with van der Waals surface area (Å²) in [5, 5.41) is 12.2. The predicted molar refractivity (Wildman–Crippen MR) is 70.7 cm³/mol. The molecule has 0 radical (unpaired) electrons. The lowest BCUT2D eigenvalue weighted by atomic mass is 10.2. The summed E-state index contributed by atoms with van der Waals surface area (Å²) in [6.07, 6.45) is -3.05. The second-order valence-electron chi connectivity index (χ2n) is 4.46. The lowest BCUT2D eigenvalue weighted by Crippen LogP contribution is -2.34. The molecule has 1 aromatic rings. The molecule has 0 heterocycles. The number of para-hydroxylation sites is 1. The van der Waals surface area contributed by atoms with E-state index in [1.54, 1.807) is 0 Å². The van der Waals surface area contributed by atoms with Crippen LogP contribution in [0.3, 0.4) is 0 Å². The molecular weight excluding hydrogens is 271 g/mol. The summed E-state index contributed by atoms with van der Waals surface area (Å²) in [6, 6.07) is 4.97. The van der Waals surface area contributed by atoms with Crippen LogP contribution in [0.25, 0.3) is 0 Å². The van der Waals surface area contributed by atoms with Crippen LogP contribution in [0.4, 0.5) is 13.2 Å². The van der Waals surface area contributed by atoms with Gasteiger partial charge in [0.05, 0.1) is 18.8 Å². The number of hydrogen-bond donors (Lipinski definition) is 2. The van der Waals surface area contributed by atoms with Gasteiger partial charge >= 0.3 is 6.18 Å². The molecule has 0 saturated heterocycles. The first-order chi connectivity index (χ1) is 9.49. The third kappa shape index (κ3) is 5.38. The average molecular weight is 291 g/mol. The molecule has 6 heteroatoms. The highest BCUT2D eigenvalue weighted by Gasteiger charge is 2.33. The van der Waals surface area contributed by atoms with Crippen LogP contribution in [-0.4, -0.2) is 30.9 Å². The van der Waals surface area contributed by atoms with E-state index in [-0.39, 0.29) is 25.0 Å². The van der Waals surface area contributed by atoms with Crippen molar-refractivity contribution >= 4 is 0 Å². The van der Waals surface area contributed by atoms with Gasteiger partial charge < -0.3 is 15.2 Å². The zero-order chi connectivity index (χ0) is 15.0. The standard InChI is InChI=1S/C14H20F3NO2/c1-2-8-18-11(10-19)7-9-20-13-6-4-3-5-12(13)14(15,16)17/h3-6,11,18-19H,2,7-10H2,1H3. The quantitative estimate of drug-likeness (QED) is 0.774. The van der Waals surface area contributed by atoms with Crippen LogP contribution in [0, 0.1) is 0 Å². The number of rotatable bonds is 8. The SMILES string of the molecule is CCCNC(CO)CCOc1ccccc1C(F)(F)F. The monoisotopic (exact) mass is 291 g/mol. The number of alkyl halides is 3. The first kappa shape index (κ1) is 16.8. The molecule has 3 nitrogen and oxygen atoms in total. The van der Waals surface area contributed by atoms with E-state index in [0.29, 0.717) is 6.42 Å². The van der Waals surface area contributed by atoms with Crippen LogP contribution in [0.15, 0.2) is 24.3 Å². The average Bonchev–Trinajstić information content (AvgIpc) is 2.42. The van der Waals surface area contributed by atoms with Crippen molar-refractivity contribution < 1.29 is 23.0 Å². The van der Waals surface area contributed by atoms with Crippen molar-refractivity contribution in [3.8, 4) is 5.75 Å². The highest BCUT2D eigenvalue weighted by atomic mass is 19.4. The summed E-state index contributed by atoms with van der Waals surface area (Å²) in [4.78, 5) is 0. The lowest BCUT2D eigenvalue weighted by molar-refractivity contribution is -0.139. The minimum Gasteiger partial charge on any atom is -0.493 e. The molecule has 20 heavy (non-hydrogen) atoms. The van der Waals surface area contributed by atoms with Crippen LogP contribution in [-0.2, 0) is 6.18 Å². The predicted octanol–water partition coefficient (Wildman–Crippen LogP) is 2.83. The van der Waals surface area contributed by atoms with Gasteiger partial charge in [0.15, 0.2) is 0 Å². The van der Waals surface area contributed by atoms with Crippen LogP contribution in [0.5, 0.6) is 5.75 Å². The summed E-state index contributed by atoms with van der Waals surface area (Å²) >= 11 is 0. The summed E-state index contributed by atoms with van der Waals surface area (Å²) < 4.78 is 43.4. The van der Waals surface area contributed by atoms with Crippen molar-refractivity contribution in [2.75, 3.05) is 19.8 Å². The molecule has 2 N–H and O–H groups in total. The van der Waals surface area contributed by atoms with E-state index in [4.69, 9.17) is 9.84 Å². The Morgan fingerprint density at radius 1 is 1.30 bits per heavy atom. The molecule has 0 bridgehead atoms. The van der Waals surface area contributed by atoms with E-state index in [1.807, 2.05) is 6.92 Å². The fourth-order valence-electron chi connectivity index (χ4n) is 1.74. The topological polar surface area (TPSA) is 41.5 Å². The molecule has 0 amide bonds. The normalized spacial score (nSPS) is 13.2. The molecule has 1 rings (SSSR count). The maximum absolute atomic E-state index is 12.7. The molecule has 1 atom stereocenters. The molecule has 1 aromatic carbocycles. The number of benzene rings is 1. The minimum atomic E-state index is -4.42.